The van der Waals surface area contributed by atoms with E-state index in [1.165, 1.54) is 5.56 Å². The Balaban J connectivity index is 1.51. The lowest BCUT2D eigenvalue weighted by Crippen LogP contribution is -2.26. The van der Waals surface area contributed by atoms with Crippen molar-refractivity contribution in [2.75, 3.05) is 13.7 Å². The van der Waals surface area contributed by atoms with Crippen LogP contribution in [0.4, 0.5) is 0 Å². The Bertz CT molecular complexity index is 870. The molecule has 2 aromatic carbocycles. The molecule has 0 unspecified atom stereocenters. The van der Waals surface area contributed by atoms with Gasteiger partial charge < -0.3 is 10.1 Å². The minimum atomic E-state index is 0.0344. The summed E-state index contributed by atoms with van der Waals surface area (Å²) < 4.78 is 7.23. The van der Waals surface area contributed by atoms with Gasteiger partial charge in [-0.25, -0.2) is 0 Å². The van der Waals surface area contributed by atoms with E-state index in [0.29, 0.717) is 19.5 Å². The monoisotopic (exact) mass is 337 g/mol. The van der Waals surface area contributed by atoms with E-state index in [-0.39, 0.29) is 5.91 Å². The number of carbonyl (C=O) groups excluding carboxylic acids is 1. The highest BCUT2D eigenvalue weighted by molar-refractivity contribution is 5.82. The molecule has 0 bridgehead atoms. The number of nitrogens with one attached hydrogen (secondary N) is 1. The molecule has 5 heteroatoms. The topological polar surface area (TPSA) is 56.1 Å². The maximum Gasteiger partial charge on any atom is 0.221 e. The maximum absolute atomic E-state index is 12.1. The van der Waals surface area contributed by atoms with E-state index in [1.807, 2.05) is 47.3 Å². The predicted molar refractivity (Wildman–Crippen MR) is 98.8 cm³/mol. The van der Waals surface area contributed by atoms with Crippen LogP contribution in [0.15, 0.2) is 48.7 Å². The second kappa shape index (κ2) is 7.83. The number of aryl methyl sites for hydroxylation is 2. The van der Waals surface area contributed by atoms with Crippen molar-refractivity contribution in [2.24, 2.45) is 0 Å². The summed E-state index contributed by atoms with van der Waals surface area (Å²) in [5.74, 6) is 0.891. The molecule has 3 rings (SSSR count). The van der Waals surface area contributed by atoms with Crippen molar-refractivity contribution in [3.05, 3.63) is 59.8 Å². The van der Waals surface area contributed by atoms with Gasteiger partial charge in [0.05, 0.1) is 25.4 Å². The fourth-order valence-electron chi connectivity index (χ4n) is 3.04. The molecule has 0 aliphatic heterocycles. The van der Waals surface area contributed by atoms with Gasteiger partial charge in [-0.2, -0.15) is 5.10 Å². The molecule has 0 aliphatic rings. The molecule has 1 aromatic heterocycles. The first-order chi connectivity index (χ1) is 12.2. The standard InChI is InChI=1S/C20H23N3O2/c1-15-6-5-8-17-14-22-23(20(15)17)13-11-19(24)21-12-10-16-7-3-4-9-18(16)25-2/h3-9,14H,10-13H2,1-2H3,(H,21,24). The Hall–Kier alpha value is -2.82. The predicted octanol–water partition coefficient (Wildman–Crippen LogP) is 3.10. The van der Waals surface area contributed by atoms with Crippen molar-refractivity contribution in [2.45, 2.75) is 26.3 Å². The quantitative estimate of drug-likeness (QED) is 0.721. The zero-order chi connectivity index (χ0) is 17.6. The highest BCUT2D eigenvalue weighted by atomic mass is 16.5. The number of hydrogen-bond acceptors (Lipinski definition) is 3. The van der Waals surface area contributed by atoms with Crippen LogP contribution >= 0.6 is 0 Å². The molecule has 1 heterocycles. The van der Waals surface area contributed by atoms with Gasteiger partial charge in [-0.1, -0.05) is 36.4 Å². The number of hydrogen-bond donors (Lipinski definition) is 1. The van der Waals surface area contributed by atoms with Crippen LogP contribution in [0.5, 0.6) is 5.75 Å². The first-order valence-electron chi connectivity index (χ1n) is 8.49. The smallest absolute Gasteiger partial charge is 0.221 e. The molecule has 0 spiro atoms. The normalized spacial score (nSPS) is 10.8. The van der Waals surface area contributed by atoms with E-state index in [4.69, 9.17) is 4.74 Å². The summed E-state index contributed by atoms with van der Waals surface area (Å²) >= 11 is 0. The molecule has 5 nitrogen and oxygen atoms in total. The van der Waals surface area contributed by atoms with Gasteiger partial charge in [0.1, 0.15) is 5.75 Å². The number of aromatic nitrogens is 2. The van der Waals surface area contributed by atoms with Gasteiger partial charge in [0, 0.05) is 18.4 Å². The van der Waals surface area contributed by atoms with E-state index < -0.39 is 0 Å². The fourth-order valence-corrected chi connectivity index (χ4v) is 3.04. The van der Waals surface area contributed by atoms with Crippen LogP contribution < -0.4 is 10.1 Å². The molecule has 1 amide bonds. The number of methoxy groups -OCH3 is 1. The van der Waals surface area contributed by atoms with E-state index in [2.05, 4.69) is 23.4 Å². The highest BCUT2D eigenvalue weighted by Crippen LogP contribution is 2.18. The van der Waals surface area contributed by atoms with Gasteiger partial charge in [-0.05, 0) is 30.5 Å². The number of fused-ring (bicyclic) bond motifs is 1. The Morgan fingerprint density at radius 3 is 2.88 bits per heavy atom. The summed E-state index contributed by atoms with van der Waals surface area (Å²) in [5, 5.41) is 8.48. The van der Waals surface area contributed by atoms with Crippen LogP contribution in [0.2, 0.25) is 0 Å². The second-order valence-electron chi connectivity index (χ2n) is 6.04. The minimum Gasteiger partial charge on any atom is -0.496 e. The van der Waals surface area contributed by atoms with Crippen LogP contribution in [-0.4, -0.2) is 29.3 Å². The average Bonchev–Trinajstić information content (AvgIpc) is 3.05. The number of benzene rings is 2. The van der Waals surface area contributed by atoms with Crippen molar-refractivity contribution in [1.29, 1.82) is 0 Å². The number of para-hydroxylation sites is 2. The molecular weight excluding hydrogens is 314 g/mol. The zero-order valence-corrected chi connectivity index (χ0v) is 14.7. The molecule has 0 atom stereocenters. The van der Waals surface area contributed by atoms with Crippen molar-refractivity contribution < 1.29 is 9.53 Å². The molecule has 0 fully saturated rings. The lowest BCUT2D eigenvalue weighted by molar-refractivity contribution is -0.121. The second-order valence-corrected chi connectivity index (χ2v) is 6.04. The number of carbonyl (C=O) groups is 1. The van der Waals surface area contributed by atoms with Crippen molar-refractivity contribution in [3.63, 3.8) is 0 Å². The van der Waals surface area contributed by atoms with E-state index >= 15 is 0 Å². The SMILES string of the molecule is COc1ccccc1CCNC(=O)CCn1ncc2cccc(C)c21. The summed E-state index contributed by atoms with van der Waals surface area (Å²) in [4.78, 5) is 12.1. The number of ether oxygens (including phenoxy) is 1. The average molecular weight is 337 g/mol. The molecule has 0 saturated carbocycles. The van der Waals surface area contributed by atoms with Crippen LogP contribution in [0.3, 0.4) is 0 Å². The summed E-state index contributed by atoms with van der Waals surface area (Å²) in [6.07, 6.45) is 3.01. The molecule has 0 aliphatic carbocycles. The molecule has 0 radical (unpaired) electrons. The molecule has 0 saturated heterocycles. The summed E-state index contributed by atoms with van der Waals surface area (Å²) in [5.41, 5.74) is 3.37. The Morgan fingerprint density at radius 1 is 1.20 bits per heavy atom. The third kappa shape index (κ3) is 3.99. The Morgan fingerprint density at radius 2 is 2.04 bits per heavy atom. The number of amides is 1. The van der Waals surface area contributed by atoms with E-state index in [9.17, 15) is 4.79 Å². The van der Waals surface area contributed by atoms with Crippen LogP contribution in [0, 0.1) is 6.92 Å². The minimum absolute atomic E-state index is 0.0344. The molecular formula is C20H23N3O2. The molecule has 25 heavy (non-hydrogen) atoms. The van der Waals surface area contributed by atoms with Crippen molar-refractivity contribution >= 4 is 16.8 Å². The van der Waals surface area contributed by atoms with Gasteiger partial charge in [-0.3, -0.25) is 9.48 Å². The van der Waals surface area contributed by atoms with Crippen molar-refractivity contribution in [1.82, 2.24) is 15.1 Å². The third-order valence-corrected chi connectivity index (χ3v) is 4.32. The maximum atomic E-state index is 12.1. The molecule has 1 N–H and O–H groups in total. The third-order valence-electron chi connectivity index (χ3n) is 4.32. The van der Waals surface area contributed by atoms with Crippen LogP contribution in [0.25, 0.3) is 10.9 Å². The van der Waals surface area contributed by atoms with E-state index in [1.54, 1.807) is 7.11 Å². The summed E-state index contributed by atoms with van der Waals surface area (Å²) in [6.45, 7) is 3.24. The van der Waals surface area contributed by atoms with Gasteiger partial charge in [0.25, 0.3) is 0 Å². The van der Waals surface area contributed by atoms with Gasteiger partial charge >= 0.3 is 0 Å². The van der Waals surface area contributed by atoms with Crippen molar-refractivity contribution in [3.8, 4) is 5.75 Å². The number of nitrogens with zero attached hydrogens (tertiary/aromatic N) is 2. The summed E-state index contributed by atoms with van der Waals surface area (Å²) in [6, 6.07) is 14.0. The van der Waals surface area contributed by atoms with Gasteiger partial charge in [0.2, 0.25) is 5.91 Å². The number of rotatable bonds is 7. The first-order valence-corrected chi connectivity index (χ1v) is 8.49. The Kier molecular flexibility index (Phi) is 5.33. The van der Waals surface area contributed by atoms with Crippen LogP contribution in [0.1, 0.15) is 17.5 Å². The summed E-state index contributed by atoms with van der Waals surface area (Å²) in [7, 11) is 1.66. The Labute approximate surface area is 147 Å². The van der Waals surface area contributed by atoms with E-state index in [0.717, 1.165) is 28.6 Å². The van der Waals surface area contributed by atoms with Gasteiger partial charge in [-0.15, -0.1) is 0 Å². The molecule has 130 valence electrons. The lowest BCUT2D eigenvalue weighted by Gasteiger charge is -2.09. The fraction of sp³-hybridized carbons (Fsp3) is 0.300. The first kappa shape index (κ1) is 17.0. The zero-order valence-electron chi connectivity index (χ0n) is 14.7. The largest absolute Gasteiger partial charge is 0.496 e. The lowest BCUT2D eigenvalue weighted by atomic mass is 10.1. The van der Waals surface area contributed by atoms with Gasteiger partial charge in [0.15, 0.2) is 0 Å². The highest BCUT2D eigenvalue weighted by Gasteiger charge is 2.08. The molecule has 3 aromatic rings. The van der Waals surface area contributed by atoms with Crippen LogP contribution in [-0.2, 0) is 17.8 Å².